The van der Waals surface area contributed by atoms with Gasteiger partial charge in [-0.3, -0.25) is 14.9 Å². The first-order valence-electron chi connectivity index (χ1n) is 8.25. The number of tetrazole rings is 1. The van der Waals surface area contributed by atoms with Crippen molar-refractivity contribution in [1.29, 1.82) is 0 Å². The van der Waals surface area contributed by atoms with E-state index in [2.05, 4.69) is 20.8 Å². The number of hydrogen-bond acceptors (Lipinski definition) is 6. The molecule has 27 heavy (non-hydrogen) atoms. The average Bonchev–Trinajstić information content (AvgIpc) is 3.10. The molecule has 0 saturated heterocycles. The van der Waals surface area contributed by atoms with Crippen LogP contribution in [0.2, 0.25) is 0 Å². The maximum Gasteiger partial charge on any atom is 0.273 e. The van der Waals surface area contributed by atoms with Crippen molar-refractivity contribution in [3.05, 3.63) is 74.6 Å². The largest absolute Gasteiger partial charge is 0.345 e. The van der Waals surface area contributed by atoms with E-state index in [0.29, 0.717) is 11.4 Å². The SMILES string of the molecule is Cc1ccc(-n2nnnc2CNC(=O)c2ccc(C)c([N+](=O)[O-])c2)cc1C. The first-order valence-corrected chi connectivity index (χ1v) is 8.25. The van der Waals surface area contributed by atoms with E-state index in [1.165, 1.54) is 6.07 Å². The van der Waals surface area contributed by atoms with Crippen LogP contribution in [0.25, 0.3) is 5.69 Å². The van der Waals surface area contributed by atoms with Gasteiger partial charge in [0, 0.05) is 17.2 Å². The number of amides is 1. The topological polar surface area (TPSA) is 116 Å². The summed E-state index contributed by atoms with van der Waals surface area (Å²) < 4.78 is 1.55. The van der Waals surface area contributed by atoms with Gasteiger partial charge in [0.15, 0.2) is 5.82 Å². The first-order chi connectivity index (χ1) is 12.9. The third-order valence-electron chi connectivity index (χ3n) is 4.34. The molecule has 2 aromatic carbocycles. The van der Waals surface area contributed by atoms with E-state index >= 15 is 0 Å². The van der Waals surface area contributed by atoms with Gasteiger partial charge in [0.2, 0.25) is 0 Å². The van der Waals surface area contributed by atoms with Gasteiger partial charge in [-0.2, -0.15) is 4.68 Å². The van der Waals surface area contributed by atoms with Crippen molar-refractivity contribution in [3.8, 4) is 5.69 Å². The number of aryl methyl sites for hydroxylation is 3. The Hall–Kier alpha value is -3.62. The quantitative estimate of drug-likeness (QED) is 0.547. The van der Waals surface area contributed by atoms with E-state index in [0.717, 1.165) is 16.8 Å². The molecule has 3 rings (SSSR count). The van der Waals surface area contributed by atoms with Crippen molar-refractivity contribution < 1.29 is 9.72 Å². The molecule has 3 aromatic rings. The molecule has 138 valence electrons. The van der Waals surface area contributed by atoms with Crippen LogP contribution in [0, 0.1) is 30.9 Å². The number of hydrogen-bond donors (Lipinski definition) is 1. The second-order valence-corrected chi connectivity index (χ2v) is 6.22. The van der Waals surface area contributed by atoms with Gasteiger partial charge in [0.1, 0.15) is 0 Å². The van der Waals surface area contributed by atoms with E-state index in [9.17, 15) is 14.9 Å². The normalized spacial score (nSPS) is 10.6. The van der Waals surface area contributed by atoms with E-state index in [4.69, 9.17) is 0 Å². The minimum Gasteiger partial charge on any atom is -0.345 e. The maximum absolute atomic E-state index is 12.4. The Balaban J connectivity index is 1.77. The maximum atomic E-state index is 12.4. The number of carbonyl (C=O) groups excluding carboxylic acids is 1. The lowest BCUT2D eigenvalue weighted by molar-refractivity contribution is -0.385. The van der Waals surface area contributed by atoms with Crippen LogP contribution >= 0.6 is 0 Å². The predicted octanol–water partition coefficient (Wildman–Crippen LogP) is 2.43. The molecule has 9 nitrogen and oxygen atoms in total. The number of benzene rings is 2. The van der Waals surface area contributed by atoms with Crippen molar-refractivity contribution in [2.24, 2.45) is 0 Å². The standard InChI is InChI=1S/C18H18N6O3/c1-11-5-7-15(8-13(11)3)23-17(20-21-22-23)10-19-18(25)14-6-4-12(2)16(9-14)24(26)27/h4-9H,10H2,1-3H3,(H,19,25). The van der Waals surface area contributed by atoms with Gasteiger partial charge in [-0.15, -0.1) is 5.10 Å². The monoisotopic (exact) mass is 366 g/mol. The van der Waals surface area contributed by atoms with Gasteiger partial charge < -0.3 is 5.32 Å². The number of nitro groups is 1. The summed E-state index contributed by atoms with van der Waals surface area (Å²) in [6.45, 7) is 5.72. The van der Waals surface area contributed by atoms with Crippen molar-refractivity contribution in [1.82, 2.24) is 25.5 Å². The van der Waals surface area contributed by atoms with Crippen molar-refractivity contribution in [2.75, 3.05) is 0 Å². The number of nitro benzene ring substituents is 1. The van der Waals surface area contributed by atoms with E-state index in [1.807, 2.05) is 32.0 Å². The van der Waals surface area contributed by atoms with Gasteiger partial charge in [-0.05, 0) is 60.5 Å². The highest BCUT2D eigenvalue weighted by Crippen LogP contribution is 2.19. The Morgan fingerprint density at radius 3 is 2.56 bits per heavy atom. The van der Waals surface area contributed by atoms with Gasteiger partial charge in [0.05, 0.1) is 17.2 Å². The Morgan fingerprint density at radius 2 is 1.85 bits per heavy atom. The van der Waals surface area contributed by atoms with Crippen LogP contribution < -0.4 is 5.32 Å². The van der Waals surface area contributed by atoms with Crippen LogP contribution in [0.5, 0.6) is 0 Å². The van der Waals surface area contributed by atoms with Gasteiger partial charge in [-0.1, -0.05) is 12.1 Å². The number of nitrogens with zero attached hydrogens (tertiary/aromatic N) is 5. The molecular weight excluding hydrogens is 348 g/mol. The Bertz CT molecular complexity index is 1030. The summed E-state index contributed by atoms with van der Waals surface area (Å²) >= 11 is 0. The summed E-state index contributed by atoms with van der Waals surface area (Å²) in [5.74, 6) is 0.0148. The molecule has 0 spiro atoms. The van der Waals surface area contributed by atoms with Crippen molar-refractivity contribution >= 4 is 11.6 Å². The molecule has 0 saturated carbocycles. The van der Waals surface area contributed by atoms with Crippen LogP contribution in [-0.4, -0.2) is 31.0 Å². The lowest BCUT2D eigenvalue weighted by atomic mass is 10.1. The highest BCUT2D eigenvalue weighted by molar-refractivity contribution is 5.94. The molecule has 0 radical (unpaired) electrons. The van der Waals surface area contributed by atoms with Crippen molar-refractivity contribution in [3.63, 3.8) is 0 Å². The van der Waals surface area contributed by atoms with Gasteiger partial charge in [0.25, 0.3) is 11.6 Å². The lowest BCUT2D eigenvalue weighted by Crippen LogP contribution is -2.25. The van der Waals surface area contributed by atoms with E-state index < -0.39 is 10.8 Å². The number of rotatable bonds is 5. The fourth-order valence-electron chi connectivity index (χ4n) is 2.58. The predicted molar refractivity (Wildman–Crippen MR) is 97.6 cm³/mol. The number of nitrogens with one attached hydrogen (secondary N) is 1. The fraction of sp³-hybridized carbons (Fsp3) is 0.222. The molecule has 9 heteroatoms. The summed E-state index contributed by atoms with van der Waals surface area (Å²) in [7, 11) is 0. The highest BCUT2D eigenvalue weighted by atomic mass is 16.6. The van der Waals surface area contributed by atoms with Crippen LogP contribution in [-0.2, 0) is 6.54 Å². The van der Waals surface area contributed by atoms with Crippen LogP contribution in [0.3, 0.4) is 0 Å². The molecule has 0 bridgehead atoms. The Morgan fingerprint density at radius 1 is 1.11 bits per heavy atom. The second kappa shape index (κ2) is 7.32. The molecule has 1 heterocycles. The fourth-order valence-corrected chi connectivity index (χ4v) is 2.58. The number of carbonyl (C=O) groups is 1. The molecule has 0 aliphatic rings. The minimum atomic E-state index is -0.508. The molecular formula is C18H18N6O3. The van der Waals surface area contributed by atoms with Crippen LogP contribution in [0.15, 0.2) is 36.4 Å². The first kappa shape index (κ1) is 18.2. The molecule has 0 unspecified atom stereocenters. The zero-order valence-corrected chi connectivity index (χ0v) is 15.1. The lowest BCUT2D eigenvalue weighted by Gasteiger charge is -2.08. The molecule has 1 aromatic heterocycles. The Kier molecular flexibility index (Phi) is 4.93. The van der Waals surface area contributed by atoms with E-state index in [-0.39, 0.29) is 17.8 Å². The third kappa shape index (κ3) is 3.81. The van der Waals surface area contributed by atoms with Crippen LogP contribution in [0.1, 0.15) is 32.9 Å². The molecule has 1 N–H and O–H groups in total. The smallest absolute Gasteiger partial charge is 0.273 e. The van der Waals surface area contributed by atoms with Crippen LogP contribution in [0.4, 0.5) is 5.69 Å². The van der Waals surface area contributed by atoms with Gasteiger partial charge >= 0.3 is 0 Å². The third-order valence-corrected chi connectivity index (χ3v) is 4.34. The zero-order valence-electron chi connectivity index (χ0n) is 15.1. The second-order valence-electron chi connectivity index (χ2n) is 6.22. The highest BCUT2D eigenvalue weighted by Gasteiger charge is 2.16. The molecule has 0 atom stereocenters. The van der Waals surface area contributed by atoms with Crippen molar-refractivity contribution in [2.45, 2.75) is 27.3 Å². The van der Waals surface area contributed by atoms with Gasteiger partial charge in [-0.25, -0.2) is 0 Å². The molecule has 0 aliphatic carbocycles. The summed E-state index contributed by atoms with van der Waals surface area (Å²) in [6, 6.07) is 10.2. The minimum absolute atomic E-state index is 0.0838. The molecule has 0 aliphatic heterocycles. The number of aromatic nitrogens is 4. The van der Waals surface area contributed by atoms with E-state index in [1.54, 1.807) is 23.7 Å². The zero-order chi connectivity index (χ0) is 19.6. The summed E-state index contributed by atoms with van der Waals surface area (Å²) in [4.78, 5) is 22.9. The average molecular weight is 366 g/mol. The summed E-state index contributed by atoms with van der Waals surface area (Å²) in [6.07, 6.45) is 0. The molecule has 1 amide bonds. The summed E-state index contributed by atoms with van der Waals surface area (Å²) in [5.41, 5.74) is 3.65. The summed E-state index contributed by atoms with van der Waals surface area (Å²) in [5, 5.41) is 25.3. The Labute approximate surface area is 155 Å². The molecule has 0 fully saturated rings.